The van der Waals surface area contributed by atoms with Crippen LogP contribution in [0.25, 0.3) is 10.2 Å². The van der Waals surface area contributed by atoms with Crippen LogP contribution in [0, 0.1) is 10.1 Å². The zero-order valence-electron chi connectivity index (χ0n) is 13.8. The van der Waals surface area contributed by atoms with E-state index in [1.165, 1.54) is 40.6 Å². The number of imidazole rings is 1. The molecule has 0 saturated carbocycles. The molecule has 0 aliphatic rings. The lowest BCUT2D eigenvalue weighted by Crippen LogP contribution is -2.23. The highest BCUT2D eigenvalue weighted by Gasteiger charge is 2.16. The van der Waals surface area contributed by atoms with Gasteiger partial charge in [-0.1, -0.05) is 11.3 Å². The Morgan fingerprint density at radius 3 is 2.81 bits per heavy atom. The van der Waals surface area contributed by atoms with Crippen LogP contribution in [-0.4, -0.2) is 38.0 Å². The second kappa shape index (κ2) is 6.88. The van der Waals surface area contributed by atoms with Crippen molar-refractivity contribution in [2.45, 2.75) is 6.54 Å². The summed E-state index contributed by atoms with van der Waals surface area (Å²) in [6.07, 6.45) is 3.08. The number of non-ortho nitro benzene ring substituents is 1. The number of hydrogen-bond acceptors (Lipinski definition) is 7. The number of fused-ring (bicyclic) bond motifs is 1. The smallest absolute Gasteiger partial charge is 0.325 e. The van der Waals surface area contributed by atoms with Crippen molar-refractivity contribution in [3.05, 3.63) is 51.3 Å². The number of ether oxygens (including phenoxy) is 1. The lowest BCUT2D eigenvalue weighted by molar-refractivity contribution is -0.384. The molecule has 134 valence electrons. The van der Waals surface area contributed by atoms with Crippen LogP contribution >= 0.6 is 11.3 Å². The fraction of sp³-hybridized carbons (Fsp3) is 0.200. The summed E-state index contributed by atoms with van der Waals surface area (Å²) in [4.78, 5) is 42.8. The summed E-state index contributed by atoms with van der Waals surface area (Å²) in [6.45, 7) is -0.180. The molecule has 3 rings (SSSR count). The number of amides is 1. The van der Waals surface area contributed by atoms with Gasteiger partial charge in [0, 0.05) is 31.6 Å². The molecule has 0 aliphatic carbocycles. The largest absolute Gasteiger partial charge is 0.468 e. The number of nitrogens with zero attached hydrogens (tertiary/aromatic N) is 5. The lowest BCUT2D eigenvalue weighted by Gasteiger charge is -2.03. The number of hydrogen-bond donors (Lipinski definition) is 0. The van der Waals surface area contributed by atoms with Crippen LogP contribution in [0.15, 0.2) is 35.6 Å². The molecule has 0 aliphatic heterocycles. The van der Waals surface area contributed by atoms with Gasteiger partial charge in [0.05, 0.1) is 22.2 Å². The van der Waals surface area contributed by atoms with Crippen molar-refractivity contribution in [3.8, 4) is 0 Å². The number of rotatable bonds is 4. The van der Waals surface area contributed by atoms with Crippen molar-refractivity contribution in [2.75, 3.05) is 7.11 Å². The first-order chi connectivity index (χ1) is 12.4. The van der Waals surface area contributed by atoms with E-state index in [9.17, 15) is 19.7 Å². The van der Waals surface area contributed by atoms with Gasteiger partial charge < -0.3 is 13.9 Å². The molecule has 0 bridgehead atoms. The van der Waals surface area contributed by atoms with Gasteiger partial charge in [-0.2, -0.15) is 4.99 Å². The maximum absolute atomic E-state index is 12.4. The number of carbonyl (C=O) groups is 2. The topological polar surface area (TPSA) is 122 Å². The lowest BCUT2D eigenvalue weighted by atomic mass is 10.3. The molecule has 0 unspecified atom stereocenters. The summed E-state index contributed by atoms with van der Waals surface area (Å²) in [7, 11) is 2.91. The molecule has 2 aromatic heterocycles. The minimum absolute atomic E-state index is 0.0917. The quantitative estimate of drug-likeness (QED) is 0.384. The standard InChI is InChI=1S/C15H13N5O5S/c1-18-6-5-16-13(18)14(22)17-15-19(8-12(21)25-2)10-4-3-9(20(23)24)7-11(10)26-15/h3-7H,8H2,1-2H3. The van der Waals surface area contributed by atoms with E-state index in [-0.39, 0.29) is 22.9 Å². The third-order valence-electron chi connectivity index (χ3n) is 3.60. The highest BCUT2D eigenvalue weighted by Crippen LogP contribution is 2.23. The number of benzene rings is 1. The Hall–Kier alpha value is -3.34. The number of thiazole rings is 1. The molecule has 11 heteroatoms. The summed E-state index contributed by atoms with van der Waals surface area (Å²) in [5.41, 5.74) is 0.448. The minimum Gasteiger partial charge on any atom is -0.468 e. The van der Waals surface area contributed by atoms with E-state index in [0.717, 1.165) is 11.3 Å². The van der Waals surface area contributed by atoms with E-state index >= 15 is 0 Å². The van der Waals surface area contributed by atoms with Crippen molar-refractivity contribution in [3.63, 3.8) is 0 Å². The predicted octanol–water partition coefficient (Wildman–Crippen LogP) is 1.26. The molecular weight excluding hydrogens is 362 g/mol. The van der Waals surface area contributed by atoms with Gasteiger partial charge in [-0.05, 0) is 6.07 Å². The summed E-state index contributed by atoms with van der Waals surface area (Å²) in [5, 5.41) is 11.0. The summed E-state index contributed by atoms with van der Waals surface area (Å²) >= 11 is 1.07. The molecule has 3 aromatic rings. The van der Waals surface area contributed by atoms with E-state index in [1.54, 1.807) is 13.2 Å². The van der Waals surface area contributed by atoms with E-state index in [2.05, 4.69) is 14.7 Å². The molecule has 0 spiro atoms. The van der Waals surface area contributed by atoms with Gasteiger partial charge in [-0.25, -0.2) is 4.98 Å². The number of nitro benzene ring substituents is 1. The van der Waals surface area contributed by atoms with Crippen LogP contribution in [-0.2, 0) is 23.1 Å². The number of carbonyl (C=O) groups excluding carboxylic acids is 2. The second-order valence-electron chi connectivity index (χ2n) is 5.23. The zero-order valence-corrected chi connectivity index (χ0v) is 14.6. The van der Waals surface area contributed by atoms with Gasteiger partial charge in [0.2, 0.25) is 5.82 Å². The van der Waals surface area contributed by atoms with Crippen molar-refractivity contribution in [1.82, 2.24) is 14.1 Å². The van der Waals surface area contributed by atoms with Crippen LogP contribution in [0.2, 0.25) is 0 Å². The first-order valence-electron chi connectivity index (χ1n) is 7.31. The molecule has 26 heavy (non-hydrogen) atoms. The Morgan fingerprint density at radius 1 is 1.42 bits per heavy atom. The zero-order chi connectivity index (χ0) is 18.8. The fourth-order valence-electron chi connectivity index (χ4n) is 2.32. The number of methoxy groups -OCH3 is 1. The molecule has 1 aromatic carbocycles. The number of aromatic nitrogens is 3. The Labute approximate surface area is 150 Å². The van der Waals surface area contributed by atoms with Crippen molar-refractivity contribution < 1.29 is 19.2 Å². The maximum atomic E-state index is 12.4. The third kappa shape index (κ3) is 3.24. The number of nitro groups is 1. The van der Waals surface area contributed by atoms with Gasteiger partial charge in [0.15, 0.2) is 4.80 Å². The highest BCUT2D eigenvalue weighted by atomic mass is 32.1. The molecule has 0 atom stereocenters. The highest BCUT2D eigenvalue weighted by molar-refractivity contribution is 7.16. The van der Waals surface area contributed by atoms with Crippen LogP contribution in [0.3, 0.4) is 0 Å². The molecule has 0 saturated heterocycles. The SMILES string of the molecule is COC(=O)Cn1c(=NC(=O)c2nccn2C)sc2cc([N+](=O)[O-])ccc21. The summed E-state index contributed by atoms with van der Waals surface area (Å²) in [6, 6.07) is 4.21. The molecule has 0 N–H and O–H groups in total. The molecule has 10 nitrogen and oxygen atoms in total. The fourth-order valence-corrected chi connectivity index (χ4v) is 3.38. The second-order valence-corrected chi connectivity index (χ2v) is 6.24. The predicted molar refractivity (Wildman–Crippen MR) is 91.6 cm³/mol. The third-order valence-corrected chi connectivity index (χ3v) is 4.64. The summed E-state index contributed by atoms with van der Waals surface area (Å²) in [5.74, 6) is -0.982. The monoisotopic (exact) mass is 375 g/mol. The average Bonchev–Trinajstić information content (AvgIpc) is 3.18. The summed E-state index contributed by atoms with van der Waals surface area (Å²) < 4.78 is 8.21. The first kappa shape index (κ1) is 17.5. The van der Waals surface area contributed by atoms with Crippen LogP contribution in [0.1, 0.15) is 10.6 Å². The molecule has 1 amide bonds. The Balaban J connectivity index is 2.18. The first-order valence-corrected chi connectivity index (χ1v) is 8.13. The number of esters is 1. The molecular formula is C15H13N5O5S. The van der Waals surface area contributed by atoms with Crippen molar-refractivity contribution >= 4 is 39.1 Å². The molecule has 0 radical (unpaired) electrons. The van der Waals surface area contributed by atoms with E-state index in [4.69, 9.17) is 0 Å². The number of aryl methyl sites for hydroxylation is 1. The van der Waals surface area contributed by atoms with Gasteiger partial charge in [0.1, 0.15) is 6.54 Å². The van der Waals surface area contributed by atoms with Gasteiger partial charge in [-0.3, -0.25) is 19.7 Å². The minimum atomic E-state index is -0.586. The Kier molecular flexibility index (Phi) is 4.63. The van der Waals surface area contributed by atoms with E-state index < -0.39 is 16.8 Å². The van der Waals surface area contributed by atoms with Crippen LogP contribution in [0.4, 0.5) is 5.69 Å². The van der Waals surface area contributed by atoms with Crippen LogP contribution in [0.5, 0.6) is 0 Å². The Morgan fingerprint density at radius 2 is 2.19 bits per heavy atom. The van der Waals surface area contributed by atoms with E-state index in [0.29, 0.717) is 10.2 Å². The molecule has 2 heterocycles. The Bertz CT molecular complexity index is 1090. The van der Waals surface area contributed by atoms with Crippen molar-refractivity contribution in [1.29, 1.82) is 0 Å². The van der Waals surface area contributed by atoms with E-state index in [1.807, 2.05) is 0 Å². The van der Waals surface area contributed by atoms with Gasteiger partial charge in [0.25, 0.3) is 5.69 Å². The van der Waals surface area contributed by atoms with Gasteiger partial charge in [-0.15, -0.1) is 0 Å². The maximum Gasteiger partial charge on any atom is 0.325 e. The normalized spacial score (nSPS) is 11.7. The average molecular weight is 375 g/mol. The van der Waals surface area contributed by atoms with Gasteiger partial charge >= 0.3 is 11.9 Å². The van der Waals surface area contributed by atoms with Crippen LogP contribution < -0.4 is 4.80 Å². The van der Waals surface area contributed by atoms with Crippen molar-refractivity contribution in [2.24, 2.45) is 12.0 Å². The molecule has 0 fully saturated rings.